The lowest BCUT2D eigenvalue weighted by molar-refractivity contribution is -0.385. The highest BCUT2D eigenvalue weighted by Crippen LogP contribution is 2.26. The molecule has 0 saturated carbocycles. The Balaban J connectivity index is 2.88. The molecule has 1 atom stereocenters. The van der Waals surface area contributed by atoms with Gasteiger partial charge in [0.15, 0.2) is 0 Å². The van der Waals surface area contributed by atoms with E-state index in [2.05, 4.69) is 12.2 Å². The van der Waals surface area contributed by atoms with Gasteiger partial charge in [-0.05, 0) is 19.4 Å². The number of nitrogens with one attached hydrogen (secondary N) is 1. The van der Waals surface area contributed by atoms with Gasteiger partial charge in [-0.1, -0.05) is 19.4 Å². The van der Waals surface area contributed by atoms with E-state index in [4.69, 9.17) is 4.74 Å². The van der Waals surface area contributed by atoms with Crippen molar-refractivity contribution in [1.29, 1.82) is 0 Å². The van der Waals surface area contributed by atoms with Gasteiger partial charge in [-0.3, -0.25) is 10.1 Å². The second-order valence-electron chi connectivity index (χ2n) is 4.29. The highest BCUT2D eigenvalue weighted by atomic mass is 16.6. The second kappa shape index (κ2) is 6.96. The molecule has 0 bridgehead atoms. The number of nitrogens with zero attached hydrogens (tertiary/aromatic N) is 1. The smallest absolute Gasteiger partial charge is 0.274 e. The number of methoxy groups -OCH3 is 1. The molecule has 1 aromatic carbocycles. The lowest BCUT2D eigenvalue weighted by atomic mass is 10.1. The summed E-state index contributed by atoms with van der Waals surface area (Å²) in [6.45, 7) is 4.46. The number of hydrogen-bond donors (Lipinski definition) is 1. The number of hydrogen-bond acceptors (Lipinski definition) is 4. The summed E-state index contributed by atoms with van der Waals surface area (Å²) in [6, 6.07) is 5.26. The summed E-state index contributed by atoms with van der Waals surface area (Å²) in [5.41, 5.74) is 1.62. The Morgan fingerprint density at radius 3 is 2.78 bits per heavy atom. The Morgan fingerprint density at radius 1 is 1.50 bits per heavy atom. The van der Waals surface area contributed by atoms with E-state index >= 15 is 0 Å². The van der Waals surface area contributed by atoms with Crippen LogP contribution in [0.4, 0.5) is 11.4 Å². The van der Waals surface area contributed by atoms with E-state index in [1.807, 2.05) is 6.07 Å². The van der Waals surface area contributed by atoms with Crippen LogP contribution < -0.4 is 5.32 Å². The summed E-state index contributed by atoms with van der Waals surface area (Å²) in [5, 5.41) is 14.2. The lowest BCUT2D eigenvalue weighted by Gasteiger charge is -2.19. The van der Waals surface area contributed by atoms with Crippen LogP contribution in [0.5, 0.6) is 0 Å². The van der Waals surface area contributed by atoms with Gasteiger partial charge in [0.1, 0.15) is 0 Å². The summed E-state index contributed by atoms with van der Waals surface area (Å²) in [7, 11) is 1.66. The largest absolute Gasteiger partial charge is 0.383 e. The molecule has 1 N–H and O–H groups in total. The maximum absolute atomic E-state index is 10.9. The third-order valence-electron chi connectivity index (χ3n) is 2.87. The lowest BCUT2D eigenvalue weighted by Crippen LogP contribution is -2.25. The highest BCUT2D eigenvalue weighted by Gasteiger charge is 2.15. The summed E-state index contributed by atoms with van der Waals surface area (Å²) < 4.78 is 5.15. The minimum Gasteiger partial charge on any atom is -0.383 e. The van der Waals surface area contributed by atoms with Crippen LogP contribution >= 0.6 is 0 Å². The van der Waals surface area contributed by atoms with Crippen molar-refractivity contribution >= 4 is 11.4 Å². The van der Waals surface area contributed by atoms with Crippen molar-refractivity contribution in [2.75, 3.05) is 19.0 Å². The van der Waals surface area contributed by atoms with Crippen molar-refractivity contribution in [1.82, 2.24) is 0 Å². The first-order chi connectivity index (χ1) is 8.60. The highest BCUT2D eigenvalue weighted by molar-refractivity contribution is 5.60. The Hall–Kier alpha value is -1.62. The van der Waals surface area contributed by atoms with Gasteiger partial charge < -0.3 is 10.1 Å². The maximum atomic E-state index is 10.9. The van der Waals surface area contributed by atoms with Crippen molar-refractivity contribution in [3.05, 3.63) is 33.9 Å². The van der Waals surface area contributed by atoms with E-state index < -0.39 is 0 Å². The molecule has 0 aromatic heterocycles. The first-order valence-electron chi connectivity index (χ1n) is 6.09. The monoisotopic (exact) mass is 252 g/mol. The molecule has 0 amide bonds. The first kappa shape index (κ1) is 14.4. The Morgan fingerprint density at radius 2 is 2.22 bits per heavy atom. The van der Waals surface area contributed by atoms with Crippen LogP contribution in [-0.2, 0) is 4.74 Å². The van der Waals surface area contributed by atoms with Gasteiger partial charge in [-0.25, -0.2) is 0 Å². The van der Waals surface area contributed by atoms with Gasteiger partial charge in [-0.2, -0.15) is 0 Å². The molecule has 5 heteroatoms. The van der Waals surface area contributed by atoms with Gasteiger partial charge in [0.05, 0.1) is 11.5 Å². The van der Waals surface area contributed by atoms with E-state index in [-0.39, 0.29) is 16.7 Å². The Labute approximate surface area is 107 Å². The molecule has 0 aliphatic rings. The summed E-state index contributed by atoms with van der Waals surface area (Å²) >= 11 is 0. The Kier molecular flexibility index (Phi) is 5.58. The number of nitro benzene ring substituents is 1. The molecule has 5 nitrogen and oxygen atoms in total. The van der Waals surface area contributed by atoms with Crippen molar-refractivity contribution in [2.45, 2.75) is 32.7 Å². The molecule has 100 valence electrons. The van der Waals surface area contributed by atoms with Crippen LogP contribution in [0, 0.1) is 17.0 Å². The van der Waals surface area contributed by atoms with Crippen molar-refractivity contribution in [2.24, 2.45) is 0 Å². The number of anilines is 1. The molecule has 0 fully saturated rings. The summed E-state index contributed by atoms with van der Waals surface area (Å²) in [4.78, 5) is 10.5. The van der Waals surface area contributed by atoms with Crippen molar-refractivity contribution in [3.63, 3.8) is 0 Å². The van der Waals surface area contributed by atoms with Crippen LogP contribution in [0.2, 0.25) is 0 Å². The Bertz CT molecular complexity index is 401. The van der Waals surface area contributed by atoms with E-state index in [0.717, 1.165) is 18.5 Å². The fraction of sp³-hybridized carbons (Fsp3) is 0.538. The van der Waals surface area contributed by atoms with Crippen molar-refractivity contribution in [3.8, 4) is 0 Å². The number of ether oxygens (including phenoxy) is 1. The van der Waals surface area contributed by atoms with Crippen LogP contribution in [0.25, 0.3) is 0 Å². The maximum Gasteiger partial charge on any atom is 0.274 e. The van der Waals surface area contributed by atoms with Crippen LogP contribution in [0.1, 0.15) is 25.3 Å². The fourth-order valence-electron chi connectivity index (χ4n) is 1.94. The normalized spacial score (nSPS) is 12.2. The zero-order valence-corrected chi connectivity index (χ0v) is 11.1. The van der Waals surface area contributed by atoms with E-state index in [0.29, 0.717) is 12.2 Å². The predicted molar refractivity (Wildman–Crippen MR) is 72.0 cm³/mol. The van der Waals surface area contributed by atoms with Gasteiger partial charge >= 0.3 is 0 Å². The molecule has 18 heavy (non-hydrogen) atoms. The average molecular weight is 252 g/mol. The molecule has 0 aliphatic heterocycles. The fourth-order valence-corrected chi connectivity index (χ4v) is 1.94. The second-order valence-corrected chi connectivity index (χ2v) is 4.29. The summed E-state index contributed by atoms with van der Waals surface area (Å²) in [5.74, 6) is 0. The molecular formula is C13H20N2O3. The SMILES string of the molecule is CCCC(COC)Nc1cccc([N+](=O)[O-])c1C. The molecule has 1 aromatic rings. The van der Waals surface area contributed by atoms with Gasteiger partial charge in [0.25, 0.3) is 5.69 Å². The van der Waals surface area contributed by atoms with Crippen LogP contribution in [0.15, 0.2) is 18.2 Å². The van der Waals surface area contributed by atoms with E-state index in [1.54, 1.807) is 20.1 Å². The van der Waals surface area contributed by atoms with Gasteiger partial charge in [-0.15, -0.1) is 0 Å². The third-order valence-corrected chi connectivity index (χ3v) is 2.87. The van der Waals surface area contributed by atoms with Crippen LogP contribution in [0.3, 0.4) is 0 Å². The molecular weight excluding hydrogens is 232 g/mol. The van der Waals surface area contributed by atoms with E-state index in [9.17, 15) is 10.1 Å². The predicted octanol–water partition coefficient (Wildman–Crippen LogP) is 3.13. The van der Waals surface area contributed by atoms with Crippen LogP contribution in [-0.4, -0.2) is 24.7 Å². The first-order valence-corrected chi connectivity index (χ1v) is 6.09. The van der Waals surface area contributed by atoms with Crippen molar-refractivity contribution < 1.29 is 9.66 Å². The average Bonchev–Trinajstić information content (AvgIpc) is 2.32. The topological polar surface area (TPSA) is 64.4 Å². The molecule has 0 aliphatic carbocycles. The zero-order chi connectivity index (χ0) is 13.5. The number of nitro groups is 1. The number of benzene rings is 1. The molecule has 0 heterocycles. The van der Waals surface area contributed by atoms with Gasteiger partial charge in [0.2, 0.25) is 0 Å². The quantitative estimate of drug-likeness (QED) is 0.598. The minimum absolute atomic E-state index is 0.146. The standard InChI is InChI=1S/C13H20N2O3/c1-4-6-11(9-18-3)14-12-7-5-8-13(10(12)2)15(16)17/h5,7-8,11,14H,4,6,9H2,1-3H3. The minimum atomic E-state index is -0.355. The molecule has 0 radical (unpaired) electrons. The molecule has 1 unspecified atom stereocenters. The molecule has 0 spiro atoms. The molecule has 1 rings (SSSR count). The molecule has 0 saturated heterocycles. The third kappa shape index (κ3) is 3.70. The zero-order valence-electron chi connectivity index (χ0n) is 11.1. The van der Waals surface area contributed by atoms with E-state index in [1.165, 1.54) is 6.07 Å². The number of rotatable bonds is 7. The van der Waals surface area contributed by atoms with Gasteiger partial charge in [0, 0.05) is 30.5 Å². The summed E-state index contributed by atoms with van der Waals surface area (Å²) in [6.07, 6.45) is 2.00.